The molecule has 1 spiro atoms. The predicted molar refractivity (Wildman–Crippen MR) is 147 cm³/mol. The maximum absolute atomic E-state index is 6.91. The molecule has 0 bridgehead atoms. The molecule has 6 aromatic rings. The van der Waals surface area contributed by atoms with E-state index in [1.165, 1.54) is 44.8 Å². The molecule has 3 aliphatic rings. The van der Waals surface area contributed by atoms with E-state index in [0.717, 1.165) is 22.6 Å². The molecule has 4 aromatic carbocycles. The molecule has 9 rings (SSSR count). The topological polar surface area (TPSA) is 17.0 Å². The summed E-state index contributed by atoms with van der Waals surface area (Å²) in [5, 5.41) is 0. The molecular formula is C35H22N2O+2. The molecule has 0 saturated carbocycles. The molecule has 0 radical (unpaired) electrons. The molecule has 5 heterocycles. The molecule has 0 amide bonds. The van der Waals surface area contributed by atoms with Crippen LogP contribution in [0, 0.1) is 0 Å². The standard InChI is InChI=1S/C35H22N2O/c1-3-11-23(12-4-1)25-19-27-29-15-7-9-17-36(29)35-33(27)31(21-25)38-32-22-26(24-13-5-2-6-14-24)20-28(34(32)35)30-16-8-10-18-37(30)35/h1-22H/q+2. The number of pyridine rings is 2. The molecule has 3 nitrogen and oxygen atoms in total. The Labute approximate surface area is 220 Å². The third-order valence-corrected chi connectivity index (χ3v) is 8.30. The maximum Gasteiger partial charge on any atom is 0.424 e. The first-order chi connectivity index (χ1) is 18.8. The summed E-state index contributed by atoms with van der Waals surface area (Å²) in [6.07, 6.45) is 4.45. The Balaban J connectivity index is 1.44. The molecule has 0 N–H and O–H groups in total. The van der Waals surface area contributed by atoms with Gasteiger partial charge in [0, 0.05) is 24.3 Å². The molecule has 38 heavy (non-hydrogen) atoms. The fraction of sp³-hybridized carbons (Fsp3) is 0.0286. The van der Waals surface area contributed by atoms with E-state index in [0.29, 0.717) is 0 Å². The monoisotopic (exact) mass is 486 g/mol. The highest BCUT2D eigenvalue weighted by atomic mass is 16.5. The largest absolute Gasteiger partial charge is 0.455 e. The van der Waals surface area contributed by atoms with Crippen LogP contribution in [0.1, 0.15) is 11.1 Å². The molecular weight excluding hydrogens is 464 g/mol. The number of ether oxygens (including phenoxy) is 1. The molecule has 176 valence electrons. The van der Waals surface area contributed by atoms with Crippen LogP contribution in [-0.2, 0) is 5.66 Å². The fourth-order valence-electron chi connectivity index (χ4n) is 6.84. The summed E-state index contributed by atoms with van der Waals surface area (Å²) in [5.41, 5.74) is 11.4. The van der Waals surface area contributed by atoms with E-state index in [4.69, 9.17) is 4.74 Å². The minimum absolute atomic E-state index is 0.537. The van der Waals surface area contributed by atoms with Gasteiger partial charge in [0.05, 0.1) is 11.1 Å². The van der Waals surface area contributed by atoms with Crippen molar-refractivity contribution < 1.29 is 13.9 Å². The summed E-state index contributed by atoms with van der Waals surface area (Å²) in [5.74, 6) is 1.83. The molecule has 3 heteroatoms. The number of fused-ring (bicyclic) bond motifs is 4. The molecule has 3 aliphatic heterocycles. The van der Waals surface area contributed by atoms with Gasteiger partial charge in [0.25, 0.3) is 0 Å². The van der Waals surface area contributed by atoms with Crippen LogP contribution in [-0.4, -0.2) is 0 Å². The third-order valence-electron chi connectivity index (χ3n) is 8.30. The normalized spacial score (nSPS) is 14.2. The number of nitrogens with zero attached hydrogens (tertiary/aromatic N) is 2. The van der Waals surface area contributed by atoms with E-state index in [2.05, 4.69) is 143 Å². The quantitative estimate of drug-likeness (QED) is 0.241. The second-order valence-corrected chi connectivity index (χ2v) is 10.2. The van der Waals surface area contributed by atoms with Gasteiger partial charge in [-0.2, -0.15) is 0 Å². The zero-order valence-electron chi connectivity index (χ0n) is 20.5. The summed E-state index contributed by atoms with van der Waals surface area (Å²) in [6.45, 7) is 0. The Bertz CT molecular complexity index is 1800. The second kappa shape index (κ2) is 7.05. The van der Waals surface area contributed by atoms with Gasteiger partial charge in [-0.05, 0) is 58.7 Å². The average molecular weight is 487 g/mol. The number of aromatic nitrogens is 2. The van der Waals surface area contributed by atoms with Crippen molar-refractivity contribution in [1.29, 1.82) is 0 Å². The maximum atomic E-state index is 6.91. The van der Waals surface area contributed by atoms with Gasteiger partial charge in [-0.25, -0.2) is 0 Å². The summed E-state index contributed by atoms with van der Waals surface area (Å²) in [7, 11) is 0. The smallest absolute Gasteiger partial charge is 0.424 e. The Morgan fingerprint density at radius 2 is 0.895 bits per heavy atom. The lowest BCUT2D eigenvalue weighted by Gasteiger charge is -2.26. The highest BCUT2D eigenvalue weighted by Crippen LogP contribution is 2.58. The van der Waals surface area contributed by atoms with E-state index in [1.54, 1.807) is 0 Å². The first kappa shape index (κ1) is 20.1. The number of benzene rings is 4. The van der Waals surface area contributed by atoms with Crippen molar-refractivity contribution in [3.05, 3.63) is 145 Å². The average Bonchev–Trinajstić information content (AvgIpc) is 3.46. The minimum atomic E-state index is -0.537. The van der Waals surface area contributed by atoms with Crippen LogP contribution in [0.4, 0.5) is 0 Å². The Hall–Kier alpha value is -5.02. The summed E-state index contributed by atoms with van der Waals surface area (Å²) < 4.78 is 11.8. The van der Waals surface area contributed by atoms with Crippen LogP contribution >= 0.6 is 0 Å². The molecule has 0 unspecified atom stereocenters. The van der Waals surface area contributed by atoms with Crippen LogP contribution in [0.5, 0.6) is 11.5 Å². The van der Waals surface area contributed by atoms with Crippen molar-refractivity contribution in [3.8, 4) is 56.3 Å². The molecule has 0 aliphatic carbocycles. The summed E-state index contributed by atoms with van der Waals surface area (Å²) >= 11 is 0. The zero-order chi connectivity index (χ0) is 24.8. The molecule has 0 saturated heterocycles. The SMILES string of the molecule is c1ccc(-c2cc3c4c(c2)-c2cccc[n+]2C42c4c(cc(-c5ccccc5)cc4-c4cccc[n+]42)O3)cc1. The zero-order valence-corrected chi connectivity index (χ0v) is 20.5. The van der Waals surface area contributed by atoms with Crippen molar-refractivity contribution in [2.24, 2.45) is 0 Å². The highest BCUT2D eigenvalue weighted by molar-refractivity contribution is 5.86. The van der Waals surface area contributed by atoms with Gasteiger partial charge >= 0.3 is 5.66 Å². The Morgan fingerprint density at radius 3 is 1.37 bits per heavy atom. The van der Waals surface area contributed by atoms with E-state index >= 15 is 0 Å². The van der Waals surface area contributed by atoms with Crippen LogP contribution < -0.4 is 13.9 Å². The van der Waals surface area contributed by atoms with Crippen LogP contribution in [0.15, 0.2) is 134 Å². The van der Waals surface area contributed by atoms with Crippen LogP contribution in [0.2, 0.25) is 0 Å². The number of rotatable bonds is 2. The van der Waals surface area contributed by atoms with Gasteiger partial charge in [-0.1, -0.05) is 60.7 Å². The van der Waals surface area contributed by atoms with Gasteiger partial charge < -0.3 is 4.74 Å². The van der Waals surface area contributed by atoms with Crippen LogP contribution in [0.3, 0.4) is 0 Å². The molecule has 0 fully saturated rings. The Morgan fingerprint density at radius 1 is 0.447 bits per heavy atom. The van der Waals surface area contributed by atoms with Crippen LogP contribution in [0.25, 0.3) is 44.8 Å². The van der Waals surface area contributed by atoms with E-state index in [9.17, 15) is 0 Å². The van der Waals surface area contributed by atoms with E-state index in [1.807, 2.05) is 0 Å². The fourth-order valence-corrected chi connectivity index (χ4v) is 6.84. The van der Waals surface area contributed by atoms with Crippen molar-refractivity contribution in [3.63, 3.8) is 0 Å². The molecule has 2 aromatic heterocycles. The van der Waals surface area contributed by atoms with Crippen molar-refractivity contribution >= 4 is 0 Å². The number of hydrogen-bond donors (Lipinski definition) is 0. The first-order valence-corrected chi connectivity index (χ1v) is 13.0. The van der Waals surface area contributed by atoms with Crippen molar-refractivity contribution in [1.82, 2.24) is 0 Å². The van der Waals surface area contributed by atoms with Gasteiger partial charge in [0.2, 0.25) is 11.4 Å². The van der Waals surface area contributed by atoms with Crippen molar-refractivity contribution in [2.75, 3.05) is 0 Å². The molecule has 0 atom stereocenters. The lowest BCUT2D eigenvalue weighted by molar-refractivity contribution is -0.955. The Kier molecular flexibility index (Phi) is 3.73. The number of hydrogen-bond acceptors (Lipinski definition) is 1. The lowest BCUT2D eigenvalue weighted by atomic mass is 9.84. The predicted octanol–water partition coefficient (Wildman–Crippen LogP) is 6.96. The minimum Gasteiger partial charge on any atom is -0.455 e. The van der Waals surface area contributed by atoms with E-state index in [-0.39, 0.29) is 0 Å². The van der Waals surface area contributed by atoms with Gasteiger partial charge in [-0.15, -0.1) is 9.13 Å². The van der Waals surface area contributed by atoms with E-state index < -0.39 is 5.66 Å². The third kappa shape index (κ3) is 2.34. The van der Waals surface area contributed by atoms with Gasteiger partial charge in [0.15, 0.2) is 23.5 Å². The summed E-state index contributed by atoms with van der Waals surface area (Å²) in [4.78, 5) is 0. The summed E-state index contributed by atoms with van der Waals surface area (Å²) in [6, 6.07) is 43.3. The van der Waals surface area contributed by atoms with Gasteiger partial charge in [0.1, 0.15) is 11.5 Å². The highest BCUT2D eigenvalue weighted by Gasteiger charge is 2.71. The van der Waals surface area contributed by atoms with Crippen molar-refractivity contribution in [2.45, 2.75) is 5.66 Å². The lowest BCUT2D eigenvalue weighted by Crippen LogP contribution is -2.71. The van der Waals surface area contributed by atoms with Gasteiger partial charge in [-0.3, -0.25) is 0 Å². The first-order valence-electron chi connectivity index (χ1n) is 13.0. The second-order valence-electron chi connectivity index (χ2n) is 10.2.